The third-order valence-electron chi connectivity index (χ3n) is 7.12. The molecule has 0 radical (unpaired) electrons. The highest BCUT2D eigenvalue weighted by molar-refractivity contribution is 5.80. The highest BCUT2D eigenvalue weighted by Crippen LogP contribution is 2.45. The molecule has 1 saturated carbocycles. The Kier molecular flexibility index (Phi) is 5.02. The van der Waals surface area contributed by atoms with Gasteiger partial charge in [0.25, 0.3) is 0 Å². The van der Waals surface area contributed by atoms with Crippen molar-refractivity contribution < 1.29 is 19.0 Å². The average molecular weight is 375 g/mol. The summed E-state index contributed by atoms with van der Waals surface area (Å²) in [6, 6.07) is 8.05. The number of likely N-dealkylation sites (tertiary alicyclic amines) is 1. The zero-order valence-corrected chi connectivity index (χ0v) is 16.1. The molecule has 4 rings (SSSR count). The summed E-state index contributed by atoms with van der Waals surface area (Å²) in [5.74, 6) is -1.94. The van der Waals surface area contributed by atoms with E-state index >= 15 is 4.39 Å². The fraction of sp³-hybridized carbons (Fsp3) is 0.682. The molecule has 0 bridgehead atoms. The summed E-state index contributed by atoms with van der Waals surface area (Å²) in [5, 5.41) is 9.67. The van der Waals surface area contributed by atoms with Gasteiger partial charge in [0.2, 0.25) is 5.67 Å². The van der Waals surface area contributed by atoms with Gasteiger partial charge in [-0.1, -0.05) is 31.2 Å². The van der Waals surface area contributed by atoms with Crippen LogP contribution in [0.2, 0.25) is 0 Å². The molecule has 27 heavy (non-hydrogen) atoms. The van der Waals surface area contributed by atoms with E-state index in [1.807, 2.05) is 24.3 Å². The average Bonchev–Trinajstić information content (AvgIpc) is 3.28. The first-order valence-electron chi connectivity index (χ1n) is 10.3. The van der Waals surface area contributed by atoms with Crippen molar-refractivity contribution in [1.82, 2.24) is 4.90 Å². The Balaban J connectivity index is 1.50. The van der Waals surface area contributed by atoms with Crippen LogP contribution >= 0.6 is 0 Å². The number of hydrogen-bond acceptors (Lipinski definition) is 3. The summed E-state index contributed by atoms with van der Waals surface area (Å²) in [6.07, 6.45) is 7.15. The first-order valence-corrected chi connectivity index (χ1v) is 10.3. The van der Waals surface area contributed by atoms with Crippen LogP contribution in [0.1, 0.15) is 62.5 Å². The van der Waals surface area contributed by atoms with Gasteiger partial charge < -0.3 is 9.84 Å². The molecule has 4 nitrogen and oxygen atoms in total. The number of carboxylic acid groups (broad SMARTS) is 1. The maximum absolute atomic E-state index is 15.6. The predicted molar refractivity (Wildman–Crippen MR) is 102 cm³/mol. The third kappa shape index (κ3) is 3.40. The van der Waals surface area contributed by atoms with E-state index in [9.17, 15) is 9.90 Å². The molecule has 2 saturated heterocycles. The molecule has 2 atom stereocenters. The fourth-order valence-corrected chi connectivity index (χ4v) is 5.34. The second-order valence-electron chi connectivity index (χ2n) is 8.61. The number of aryl methyl sites for hydroxylation is 1. The molecular weight excluding hydrogens is 345 g/mol. The molecule has 1 aliphatic carbocycles. The highest BCUT2D eigenvalue weighted by Gasteiger charge is 2.55. The van der Waals surface area contributed by atoms with E-state index in [1.54, 1.807) is 0 Å². The summed E-state index contributed by atoms with van der Waals surface area (Å²) in [4.78, 5) is 13.9. The smallest absolute Gasteiger partial charge is 0.343 e. The van der Waals surface area contributed by atoms with Gasteiger partial charge in [0.05, 0.1) is 5.60 Å². The summed E-state index contributed by atoms with van der Waals surface area (Å²) >= 11 is 0. The van der Waals surface area contributed by atoms with Crippen LogP contribution in [0.25, 0.3) is 0 Å². The Morgan fingerprint density at radius 2 is 1.96 bits per heavy atom. The predicted octanol–water partition coefficient (Wildman–Crippen LogP) is 3.93. The van der Waals surface area contributed by atoms with Gasteiger partial charge >= 0.3 is 5.97 Å². The zero-order chi connectivity index (χ0) is 19.1. The largest absolute Gasteiger partial charge is 0.479 e. The lowest BCUT2D eigenvalue weighted by molar-refractivity contribution is -0.151. The number of halogens is 1. The van der Waals surface area contributed by atoms with E-state index in [1.165, 1.54) is 5.56 Å². The van der Waals surface area contributed by atoms with Crippen LogP contribution in [0.3, 0.4) is 0 Å². The highest BCUT2D eigenvalue weighted by atomic mass is 19.1. The third-order valence-corrected chi connectivity index (χ3v) is 7.12. The topological polar surface area (TPSA) is 49.8 Å². The number of carboxylic acids is 1. The second-order valence-corrected chi connectivity index (χ2v) is 8.61. The van der Waals surface area contributed by atoms with E-state index in [2.05, 4.69) is 11.8 Å². The van der Waals surface area contributed by atoms with E-state index in [0.29, 0.717) is 6.54 Å². The van der Waals surface area contributed by atoms with Crippen molar-refractivity contribution in [2.24, 2.45) is 0 Å². The van der Waals surface area contributed by atoms with Crippen LogP contribution in [0.5, 0.6) is 0 Å². The van der Waals surface area contributed by atoms with Gasteiger partial charge in [-0.15, -0.1) is 0 Å². The van der Waals surface area contributed by atoms with Crippen molar-refractivity contribution in [3.63, 3.8) is 0 Å². The molecule has 2 heterocycles. The van der Waals surface area contributed by atoms with Crippen LogP contribution in [-0.4, -0.2) is 53.0 Å². The molecule has 1 aromatic carbocycles. The number of carbonyl (C=O) groups is 1. The first kappa shape index (κ1) is 18.9. The van der Waals surface area contributed by atoms with Crippen LogP contribution < -0.4 is 0 Å². The van der Waals surface area contributed by atoms with E-state index < -0.39 is 17.6 Å². The number of alkyl halides is 1. The van der Waals surface area contributed by atoms with Crippen molar-refractivity contribution in [2.75, 3.05) is 19.7 Å². The first-order chi connectivity index (χ1) is 13.0. The van der Waals surface area contributed by atoms with E-state index in [4.69, 9.17) is 4.74 Å². The summed E-state index contributed by atoms with van der Waals surface area (Å²) in [5.41, 5.74) is -0.189. The van der Waals surface area contributed by atoms with Crippen molar-refractivity contribution in [1.29, 1.82) is 0 Å². The zero-order valence-electron chi connectivity index (χ0n) is 16.1. The van der Waals surface area contributed by atoms with E-state index in [-0.39, 0.29) is 18.2 Å². The molecule has 0 unspecified atom stereocenters. The fourth-order valence-electron chi connectivity index (χ4n) is 5.34. The van der Waals surface area contributed by atoms with Crippen molar-refractivity contribution in [3.05, 3.63) is 35.4 Å². The number of ether oxygens (including phenoxy) is 1. The number of aliphatic carboxylic acids is 1. The Morgan fingerprint density at radius 3 is 2.52 bits per heavy atom. The Morgan fingerprint density at radius 1 is 1.26 bits per heavy atom. The van der Waals surface area contributed by atoms with Gasteiger partial charge in [-0.3, -0.25) is 4.90 Å². The molecule has 0 aromatic heterocycles. The van der Waals surface area contributed by atoms with Crippen LogP contribution in [-0.2, 0) is 16.0 Å². The molecule has 1 spiro atoms. The molecule has 0 amide bonds. The van der Waals surface area contributed by atoms with Crippen molar-refractivity contribution in [3.8, 4) is 0 Å². The maximum atomic E-state index is 15.6. The Bertz CT molecular complexity index is 675. The quantitative estimate of drug-likeness (QED) is 0.866. The lowest BCUT2D eigenvalue weighted by atomic mass is 9.80. The lowest BCUT2D eigenvalue weighted by Gasteiger charge is -2.40. The number of benzene rings is 1. The molecule has 5 heteroatoms. The van der Waals surface area contributed by atoms with Gasteiger partial charge in [-0.25, -0.2) is 9.18 Å². The molecule has 1 N–H and O–H groups in total. The summed E-state index contributed by atoms with van der Waals surface area (Å²) < 4.78 is 21.6. The van der Waals surface area contributed by atoms with Gasteiger partial charge in [-0.05, 0) is 56.1 Å². The normalized spacial score (nSPS) is 37.1. The number of hydrogen-bond donors (Lipinski definition) is 1. The van der Waals surface area contributed by atoms with Gasteiger partial charge in [0.15, 0.2) is 0 Å². The van der Waals surface area contributed by atoms with Crippen LogP contribution in [0.4, 0.5) is 4.39 Å². The number of rotatable bonds is 4. The molecule has 1 aromatic rings. The van der Waals surface area contributed by atoms with E-state index in [0.717, 1.165) is 57.1 Å². The molecule has 148 valence electrons. The summed E-state index contributed by atoms with van der Waals surface area (Å²) in [6.45, 7) is 3.40. The SMILES string of the molecule is CCc1ccc([C@@H]2CN(C3CCC4(CCCO4)CC3)C[C@@]2(F)C(=O)O)cc1. The maximum Gasteiger partial charge on any atom is 0.343 e. The minimum atomic E-state index is -2.22. The number of nitrogens with zero attached hydrogens (tertiary/aromatic N) is 1. The van der Waals surface area contributed by atoms with Gasteiger partial charge in [0, 0.05) is 31.7 Å². The monoisotopic (exact) mass is 375 g/mol. The Hall–Kier alpha value is -1.46. The van der Waals surface area contributed by atoms with Crippen molar-refractivity contribution >= 4 is 5.97 Å². The molecule has 2 aliphatic heterocycles. The molecular formula is C22H30FNO3. The Labute approximate surface area is 160 Å². The minimum Gasteiger partial charge on any atom is -0.479 e. The van der Waals surface area contributed by atoms with Crippen molar-refractivity contribution in [2.45, 2.75) is 75.1 Å². The lowest BCUT2D eigenvalue weighted by Crippen LogP contribution is -2.45. The summed E-state index contributed by atoms with van der Waals surface area (Å²) in [7, 11) is 0. The second kappa shape index (κ2) is 7.17. The van der Waals surface area contributed by atoms with Crippen LogP contribution in [0, 0.1) is 0 Å². The molecule has 3 fully saturated rings. The van der Waals surface area contributed by atoms with Gasteiger partial charge in [0.1, 0.15) is 0 Å². The standard InChI is InChI=1S/C22H30FNO3/c1-2-16-4-6-17(7-5-16)19-14-24(15-22(19,23)20(25)26)18-8-11-21(12-9-18)10-3-13-27-21/h4-7,18-19H,2-3,8-15H2,1H3,(H,25,26)/t18?,19-,21?,22-/m0/s1. The van der Waals surface area contributed by atoms with Crippen LogP contribution in [0.15, 0.2) is 24.3 Å². The van der Waals surface area contributed by atoms with Gasteiger partial charge in [-0.2, -0.15) is 0 Å². The minimum absolute atomic E-state index is 0.0128. The molecule has 3 aliphatic rings.